The highest BCUT2D eigenvalue weighted by atomic mass is 127. The molecule has 8 rings (SSSR count). The Bertz CT molecular complexity index is 2200. The number of hydrogen-bond donors (Lipinski definition) is 2. The van der Waals surface area contributed by atoms with Gasteiger partial charge in [0.15, 0.2) is 11.5 Å². The molecule has 0 radical (unpaired) electrons. The lowest BCUT2D eigenvalue weighted by atomic mass is 9.49. The van der Waals surface area contributed by atoms with Crippen molar-refractivity contribution in [3.05, 3.63) is 127 Å². The van der Waals surface area contributed by atoms with Crippen LogP contribution >= 0.6 is 45.8 Å². The maximum atomic E-state index is 15.3. The predicted molar refractivity (Wildman–Crippen MR) is 200 cm³/mol. The zero-order chi connectivity index (χ0) is 36.6. The van der Waals surface area contributed by atoms with E-state index >= 15 is 4.79 Å². The van der Waals surface area contributed by atoms with Crippen molar-refractivity contribution in [1.29, 1.82) is 0 Å². The third-order valence-corrected chi connectivity index (χ3v) is 12.3. The van der Waals surface area contributed by atoms with Gasteiger partial charge in [0.1, 0.15) is 5.82 Å². The number of carbonyl (C=O) groups excluding carboxylic acids is 4. The van der Waals surface area contributed by atoms with Gasteiger partial charge in [-0.2, -0.15) is 5.01 Å². The summed E-state index contributed by atoms with van der Waals surface area (Å²) in [5.41, 5.74) is 3.91. The molecule has 4 aliphatic rings. The standard InChI is InChI=1S/C39H29Cl2FIN3O6/c1-52-31-17-19(16-30(43)34(31)47)33-26-14-15-27-32(37(50)45(35(27)48)25-12-6-22(41)7-13-25)28(26)18-29-36(49)46(44-24-10-8-23(42)9-11-24)38(51)39(29,33)20-2-4-21(40)5-3-20/h2-14,16-17,27-29,32-33,44,47H,15,18H2,1H3/t27-,28+,29-,32-,33-,39+/m0/s1. The van der Waals surface area contributed by atoms with E-state index in [-0.39, 0.29) is 36.2 Å². The number of nitrogens with zero attached hydrogens (tertiary/aromatic N) is 2. The van der Waals surface area contributed by atoms with Crippen molar-refractivity contribution < 1.29 is 33.4 Å². The first-order valence-corrected chi connectivity index (χ1v) is 18.4. The summed E-state index contributed by atoms with van der Waals surface area (Å²) in [6.45, 7) is 0. The van der Waals surface area contributed by atoms with Crippen molar-refractivity contribution in [3.8, 4) is 11.5 Å². The average Bonchev–Trinajstić information content (AvgIpc) is 3.51. The fourth-order valence-electron chi connectivity index (χ4n) is 8.79. The normalized spacial score (nSPS) is 26.6. The summed E-state index contributed by atoms with van der Waals surface area (Å²) in [4.78, 5) is 59.7. The minimum Gasteiger partial charge on any atom is -0.504 e. The van der Waals surface area contributed by atoms with Crippen LogP contribution in [0.3, 0.4) is 0 Å². The van der Waals surface area contributed by atoms with Crippen LogP contribution in [0.4, 0.5) is 15.8 Å². The van der Waals surface area contributed by atoms with E-state index in [0.717, 1.165) is 10.6 Å². The Balaban J connectivity index is 1.35. The summed E-state index contributed by atoms with van der Waals surface area (Å²) >= 11 is 14.5. The molecule has 6 atom stereocenters. The summed E-state index contributed by atoms with van der Waals surface area (Å²) in [7, 11) is 1.42. The SMILES string of the molecule is COc1cc([C@H]2C3=CC[C@@H]4C(=O)N(c5ccc(Cl)cc5)C(=O)[C@@H]4[C@@H]3C[C@H]3C(=O)N(Nc4ccc(F)cc4)C(=O)[C@@]23c2ccc(Cl)cc2)cc(I)c1O. The van der Waals surface area contributed by atoms with Crippen LogP contribution in [0.2, 0.25) is 10.0 Å². The lowest BCUT2D eigenvalue weighted by molar-refractivity contribution is -0.138. The van der Waals surface area contributed by atoms with Gasteiger partial charge in [-0.25, -0.2) is 4.39 Å². The van der Waals surface area contributed by atoms with Gasteiger partial charge in [0.2, 0.25) is 11.8 Å². The number of halogens is 4. The van der Waals surface area contributed by atoms with E-state index in [1.807, 2.05) is 28.7 Å². The lowest BCUT2D eigenvalue weighted by Crippen LogP contribution is -2.53. The van der Waals surface area contributed by atoms with Crippen molar-refractivity contribution in [3.63, 3.8) is 0 Å². The third-order valence-electron chi connectivity index (χ3n) is 10.9. The number of methoxy groups -OCH3 is 1. The Morgan fingerprint density at radius 2 is 1.54 bits per heavy atom. The molecular formula is C39H29Cl2FIN3O6. The summed E-state index contributed by atoms with van der Waals surface area (Å²) in [6.07, 6.45) is 2.26. The highest BCUT2D eigenvalue weighted by Gasteiger charge is 2.70. The van der Waals surface area contributed by atoms with E-state index < -0.39 is 52.6 Å². The second-order valence-electron chi connectivity index (χ2n) is 13.4. The topological polar surface area (TPSA) is 116 Å². The molecule has 9 nitrogen and oxygen atoms in total. The number of hydrogen-bond acceptors (Lipinski definition) is 7. The van der Waals surface area contributed by atoms with Gasteiger partial charge < -0.3 is 9.84 Å². The molecule has 1 saturated carbocycles. The second-order valence-corrected chi connectivity index (χ2v) is 15.5. The summed E-state index contributed by atoms with van der Waals surface area (Å²) < 4.78 is 19.9. The van der Waals surface area contributed by atoms with Crippen molar-refractivity contribution in [2.24, 2.45) is 23.7 Å². The maximum Gasteiger partial charge on any atom is 0.260 e. The van der Waals surface area contributed by atoms with Crippen LogP contribution in [-0.2, 0) is 24.6 Å². The number of hydrazine groups is 1. The number of phenolic OH excluding ortho intramolecular Hbond substituents is 1. The molecule has 2 N–H and O–H groups in total. The fourth-order valence-corrected chi connectivity index (χ4v) is 9.67. The number of amides is 4. The molecule has 2 aliphatic heterocycles. The van der Waals surface area contributed by atoms with Crippen LogP contribution in [0.5, 0.6) is 11.5 Å². The van der Waals surface area contributed by atoms with Crippen LogP contribution in [0.1, 0.15) is 29.9 Å². The molecule has 4 aromatic rings. The molecule has 52 heavy (non-hydrogen) atoms. The molecule has 13 heteroatoms. The average molecular weight is 852 g/mol. The van der Waals surface area contributed by atoms with E-state index in [2.05, 4.69) is 5.43 Å². The van der Waals surface area contributed by atoms with Crippen molar-refractivity contribution in [1.82, 2.24) is 5.01 Å². The third kappa shape index (κ3) is 5.14. The van der Waals surface area contributed by atoms with E-state index in [4.69, 9.17) is 27.9 Å². The monoisotopic (exact) mass is 851 g/mol. The molecule has 0 unspecified atom stereocenters. The summed E-state index contributed by atoms with van der Waals surface area (Å²) in [5.74, 6) is -6.21. The van der Waals surface area contributed by atoms with Gasteiger partial charge in [0.05, 0.1) is 45.2 Å². The number of imide groups is 2. The van der Waals surface area contributed by atoms with E-state index in [1.54, 1.807) is 60.7 Å². The largest absolute Gasteiger partial charge is 0.504 e. The Labute approximate surface area is 321 Å². The number of phenols is 1. The molecule has 2 heterocycles. The molecular weight excluding hydrogens is 823 g/mol. The number of benzene rings is 4. The van der Waals surface area contributed by atoms with Gasteiger partial charge in [-0.15, -0.1) is 0 Å². The van der Waals surface area contributed by atoms with Gasteiger partial charge in [0.25, 0.3) is 11.8 Å². The predicted octanol–water partition coefficient (Wildman–Crippen LogP) is 7.64. The number of allylic oxidation sites excluding steroid dienone is 2. The van der Waals surface area contributed by atoms with Crippen molar-refractivity contribution in [2.75, 3.05) is 17.4 Å². The smallest absolute Gasteiger partial charge is 0.260 e. The zero-order valence-electron chi connectivity index (χ0n) is 27.4. The molecule has 0 aromatic heterocycles. The fraction of sp³-hybridized carbons (Fsp3) is 0.231. The Hall–Kier alpha value is -4.46. The molecule has 4 amide bonds. The van der Waals surface area contributed by atoms with Gasteiger partial charge in [-0.1, -0.05) is 47.0 Å². The number of ether oxygens (including phenoxy) is 1. The highest BCUT2D eigenvalue weighted by molar-refractivity contribution is 14.1. The maximum absolute atomic E-state index is 15.3. The van der Waals surface area contributed by atoms with E-state index in [9.17, 15) is 23.9 Å². The number of anilines is 2. The molecule has 3 fully saturated rings. The van der Waals surface area contributed by atoms with Gasteiger partial charge in [-0.05, 0) is 125 Å². The first-order chi connectivity index (χ1) is 24.9. The van der Waals surface area contributed by atoms with Crippen molar-refractivity contribution in [2.45, 2.75) is 24.2 Å². The number of fused-ring (bicyclic) bond motifs is 4. The van der Waals surface area contributed by atoms with Gasteiger partial charge >= 0.3 is 0 Å². The van der Waals surface area contributed by atoms with Crippen molar-refractivity contribution >= 4 is 80.8 Å². The van der Waals surface area contributed by atoms with E-state index in [0.29, 0.717) is 36.1 Å². The molecule has 4 aromatic carbocycles. The molecule has 2 saturated heterocycles. The quantitative estimate of drug-likeness (QED) is 0.116. The summed E-state index contributed by atoms with van der Waals surface area (Å²) in [5, 5.41) is 12.8. The first-order valence-electron chi connectivity index (χ1n) is 16.5. The first kappa shape index (κ1) is 34.6. The molecule has 264 valence electrons. The number of carbonyl (C=O) groups is 4. The molecule has 0 spiro atoms. The minimum absolute atomic E-state index is 0.0814. The van der Waals surface area contributed by atoms with Crippen LogP contribution in [0, 0.1) is 33.1 Å². The molecule has 0 bridgehead atoms. The van der Waals surface area contributed by atoms with Crippen LogP contribution in [0.25, 0.3) is 0 Å². The number of rotatable bonds is 6. The minimum atomic E-state index is -1.57. The van der Waals surface area contributed by atoms with Crippen LogP contribution < -0.4 is 15.1 Å². The van der Waals surface area contributed by atoms with Gasteiger partial charge in [0, 0.05) is 16.0 Å². The van der Waals surface area contributed by atoms with Crippen LogP contribution in [0.15, 0.2) is 96.6 Å². The molecule has 2 aliphatic carbocycles. The zero-order valence-corrected chi connectivity index (χ0v) is 31.0. The van der Waals surface area contributed by atoms with Gasteiger partial charge in [-0.3, -0.25) is 29.5 Å². The Morgan fingerprint density at radius 1 is 0.885 bits per heavy atom. The highest BCUT2D eigenvalue weighted by Crippen LogP contribution is 2.64. The Morgan fingerprint density at radius 3 is 2.19 bits per heavy atom. The summed E-state index contributed by atoms with van der Waals surface area (Å²) in [6, 6.07) is 22.0. The van der Waals surface area contributed by atoms with Crippen LogP contribution in [-0.4, -0.2) is 40.9 Å². The second kappa shape index (κ2) is 12.9. The lowest BCUT2D eigenvalue weighted by Gasteiger charge is -2.50. The number of nitrogens with one attached hydrogen (secondary N) is 1. The van der Waals surface area contributed by atoms with E-state index in [1.165, 1.54) is 36.3 Å². The Kier molecular flexibility index (Phi) is 8.58. The number of aromatic hydroxyl groups is 1.